The van der Waals surface area contributed by atoms with Gasteiger partial charge in [0.25, 0.3) is 0 Å². The summed E-state index contributed by atoms with van der Waals surface area (Å²) in [7, 11) is 1.33. The fraction of sp³-hybridized carbons (Fsp3) is 0.333. The van der Waals surface area contributed by atoms with Crippen LogP contribution in [0.1, 0.15) is 28.5 Å². The van der Waals surface area contributed by atoms with Gasteiger partial charge in [-0.1, -0.05) is 12.1 Å². The molecule has 2 aromatic heterocycles. The van der Waals surface area contributed by atoms with Gasteiger partial charge in [0, 0.05) is 30.3 Å². The van der Waals surface area contributed by atoms with E-state index in [9.17, 15) is 9.18 Å². The number of rotatable bonds is 9. The number of hydrogen-bond acceptors (Lipinski definition) is 5. The van der Waals surface area contributed by atoms with Crippen LogP contribution in [-0.4, -0.2) is 42.5 Å². The molecule has 7 heteroatoms. The van der Waals surface area contributed by atoms with Gasteiger partial charge in [0.15, 0.2) is 0 Å². The molecule has 0 radical (unpaired) electrons. The van der Waals surface area contributed by atoms with Crippen molar-refractivity contribution in [2.24, 2.45) is 0 Å². The van der Waals surface area contributed by atoms with Gasteiger partial charge in [-0.2, -0.15) is 0 Å². The van der Waals surface area contributed by atoms with Gasteiger partial charge in [-0.15, -0.1) is 0 Å². The van der Waals surface area contributed by atoms with Gasteiger partial charge in [0.05, 0.1) is 38.6 Å². The zero-order chi connectivity index (χ0) is 19.9. The molecule has 0 saturated carbocycles. The van der Waals surface area contributed by atoms with E-state index >= 15 is 0 Å². The van der Waals surface area contributed by atoms with Crippen LogP contribution in [-0.2, 0) is 27.4 Å². The van der Waals surface area contributed by atoms with Gasteiger partial charge in [-0.3, -0.25) is 0 Å². The summed E-state index contributed by atoms with van der Waals surface area (Å²) in [5.74, 6) is -0.759. The second-order valence-electron chi connectivity index (χ2n) is 6.24. The summed E-state index contributed by atoms with van der Waals surface area (Å²) in [6.45, 7) is 4.52. The zero-order valence-corrected chi connectivity index (χ0v) is 16.0. The Morgan fingerprint density at radius 3 is 2.64 bits per heavy atom. The largest absolute Gasteiger partial charge is 0.464 e. The van der Waals surface area contributed by atoms with Crippen LogP contribution < -0.4 is 0 Å². The van der Waals surface area contributed by atoms with Crippen molar-refractivity contribution < 1.29 is 23.4 Å². The third kappa shape index (κ3) is 4.74. The number of methoxy groups -OCH3 is 1. The summed E-state index contributed by atoms with van der Waals surface area (Å²) in [5.41, 5.74) is 2.99. The molecule has 0 saturated heterocycles. The molecule has 0 amide bonds. The molecule has 0 fully saturated rings. The topological polar surface area (TPSA) is 62.6 Å². The quantitative estimate of drug-likeness (QED) is 0.416. The van der Waals surface area contributed by atoms with Crippen molar-refractivity contribution >= 4 is 16.9 Å². The Morgan fingerprint density at radius 1 is 1.18 bits per heavy atom. The van der Waals surface area contributed by atoms with Crippen LogP contribution in [0.15, 0.2) is 42.7 Å². The summed E-state index contributed by atoms with van der Waals surface area (Å²) in [6, 6.07) is 8.08. The first-order valence-corrected chi connectivity index (χ1v) is 9.08. The Kier molecular flexibility index (Phi) is 6.73. The molecular formula is C21H23FN2O4. The predicted molar refractivity (Wildman–Crippen MR) is 103 cm³/mol. The summed E-state index contributed by atoms with van der Waals surface area (Å²) < 4.78 is 31.0. The molecule has 0 bridgehead atoms. The van der Waals surface area contributed by atoms with Crippen molar-refractivity contribution in [1.82, 2.24) is 9.55 Å². The highest BCUT2D eigenvalue weighted by atomic mass is 19.1. The fourth-order valence-corrected chi connectivity index (χ4v) is 2.95. The first kappa shape index (κ1) is 20.0. The van der Waals surface area contributed by atoms with Crippen LogP contribution in [0.25, 0.3) is 10.9 Å². The molecule has 0 unspecified atom stereocenters. The van der Waals surface area contributed by atoms with Crippen LogP contribution in [0.3, 0.4) is 0 Å². The summed E-state index contributed by atoms with van der Waals surface area (Å²) in [6.07, 6.45) is 3.62. The Morgan fingerprint density at radius 2 is 1.93 bits per heavy atom. The lowest BCUT2D eigenvalue weighted by Crippen LogP contribution is -2.05. The number of pyridine rings is 1. The summed E-state index contributed by atoms with van der Waals surface area (Å²) in [4.78, 5) is 16.1. The number of ether oxygens (including phenoxy) is 3. The maximum atomic E-state index is 13.2. The minimum Gasteiger partial charge on any atom is -0.464 e. The molecule has 0 aliphatic rings. The first-order chi connectivity index (χ1) is 13.6. The lowest BCUT2D eigenvalue weighted by atomic mass is 10.2. The minimum absolute atomic E-state index is 0.241. The van der Waals surface area contributed by atoms with Crippen LogP contribution in [0, 0.1) is 5.82 Å². The van der Waals surface area contributed by atoms with Crippen molar-refractivity contribution in [2.75, 3.05) is 26.9 Å². The van der Waals surface area contributed by atoms with E-state index in [4.69, 9.17) is 14.2 Å². The number of nitrogens with zero attached hydrogens (tertiary/aromatic N) is 2. The lowest BCUT2D eigenvalue weighted by Gasteiger charge is -2.06. The van der Waals surface area contributed by atoms with Gasteiger partial charge < -0.3 is 18.8 Å². The normalized spacial score (nSPS) is 11.1. The first-order valence-electron chi connectivity index (χ1n) is 9.08. The minimum atomic E-state index is -0.489. The van der Waals surface area contributed by atoms with E-state index in [-0.39, 0.29) is 11.5 Å². The van der Waals surface area contributed by atoms with Gasteiger partial charge in [0.1, 0.15) is 11.5 Å². The average molecular weight is 386 g/mol. The number of benzene rings is 1. The van der Waals surface area contributed by atoms with Crippen molar-refractivity contribution in [3.05, 3.63) is 65.4 Å². The molecule has 0 N–H and O–H groups in total. The maximum Gasteiger partial charge on any atom is 0.356 e. The SMILES string of the molecule is CCOCCOCc1cn(Cc2ccc(F)cc2)c2cnc(C(=O)OC)cc12. The molecular weight excluding hydrogens is 363 g/mol. The Balaban J connectivity index is 1.89. The number of halogens is 1. The molecule has 0 spiro atoms. The zero-order valence-electron chi connectivity index (χ0n) is 16.0. The number of hydrogen-bond donors (Lipinski definition) is 0. The molecule has 6 nitrogen and oxygen atoms in total. The van der Waals surface area contributed by atoms with Crippen LogP contribution >= 0.6 is 0 Å². The third-order valence-corrected chi connectivity index (χ3v) is 4.34. The number of carbonyl (C=O) groups excluding carboxylic acids is 1. The highest BCUT2D eigenvalue weighted by molar-refractivity contribution is 5.93. The molecule has 0 atom stereocenters. The second kappa shape index (κ2) is 9.43. The van der Waals surface area contributed by atoms with Gasteiger partial charge in [-0.25, -0.2) is 14.2 Å². The van der Waals surface area contributed by atoms with Gasteiger partial charge in [-0.05, 0) is 30.7 Å². The van der Waals surface area contributed by atoms with Gasteiger partial charge >= 0.3 is 5.97 Å². The monoisotopic (exact) mass is 386 g/mol. The summed E-state index contributed by atoms with van der Waals surface area (Å²) >= 11 is 0. The molecule has 2 heterocycles. The molecule has 3 aromatic rings. The van der Waals surface area contributed by atoms with E-state index in [2.05, 4.69) is 4.98 Å². The smallest absolute Gasteiger partial charge is 0.356 e. The number of aromatic nitrogens is 2. The van der Waals surface area contributed by atoms with Crippen LogP contribution in [0.4, 0.5) is 4.39 Å². The lowest BCUT2D eigenvalue weighted by molar-refractivity contribution is 0.0456. The molecule has 0 aliphatic carbocycles. The van der Waals surface area contributed by atoms with Crippen LogP contribution in [0.2, 0.25) is 0 Å². The van der Waals surface area contributed by atoms with E-state index in [1.54, 1.807) is 24.4 Å². The number of carbonyl (C=O) groups is 1. The van der Waals surface area contributed by atoms with Crippen molar-refractivity contribution in [3.8, 4) is 0 Å². The van der Waals surface area contributed by atoms with Crippen LogP contribution in [0.5, 0.6) is 0 Å². The van der Waals surface area contributed by atoms with Crippen molar-refractivity contribution in [3.63, 3.8) is 0 Å². The molecule has 0 aliphatic heterocycles. The number of fused-ring (bicyclic) bond motifs is 1. The Bertz CT molecular complexity index is 937. The standard InChI is InChI=1S/C21H23FN2O4/c1-3-27-8-9-28-14-16-13-24(12-15-4-6-17(22)7-5-15)20-11-23-19(10-18(16)20)21(25)26-2/h4-7,10-11,13H,3,8-9,12,14H2,1-2H3. The highest BCUT2D eigenvalue weighted by Gasteiger charge is 2.14. The average Bonchev–Trinajstić information content (AvgIpc) is 3.05. The van der Waals surface area contributed by atoms with Crippen molar-refractivity contribution in [1.29, 1.82) is 0 Å². The van der Waals surface area contributed by atoms with E-state index in [0.29, 0.717) is 33.0 Å². The molecule has 28 heavy (non-hydrogen) atoms. The van der Waals surface area contributed by atoms with E-state index in [0.717, 1.165) is 22.0 Å². The van der Waals surface area contributed by atoms with E-state index in [1.807, 2.05) is 17.7 Å². The Labute approximate surface area is 162 Å². The second-order valence-corrected chi connectivity index (χ2v) is 6.24. The van der Waals surface area contributed by atoms with E-state index in [1.165, 1.54) is 19.2 Å². The summed E-state index contributed by atoms with van der Waals surface area (Å²) in [5, 5.41) is 0.869. The predicted octanol–water partition coefficient (Wildman–Crippen LogP) is 3.56. The van der Waals surface area contributed by atoms with E-state index < -0.39 is 5.97 Å². The third-order valence-electron chi connectivity index (χ3n) is 4.34. The Hall–Kier alpha value is -2.77. The molecule has 148 valence electrons. The number of esters is 1. The van der Waals surface area contributed by atoms with Gasteiger partial charge in [0.2, 0.25) is 0 Å². The fourth-order valence-electron chi connectivity index (χ4n) is 2.95. The highest BCUT2D eigenvalue weighted by Crippen LogP contribution is 2.24. The molecule has 1 aromatic carbocycles. The van der Waals surface area contributed by atoms with Crippen molar-refractivity contribution in [2.45, 2.75) is 20.1 Å². The molecule has 3 rings (SSSR count). The maximum absolute atomic E-state index is 13.2.